The van der Waals surface area contributed by atoms with Gasteiger partial charge in [0, 0.05) is 18.3 Å². The molecule has 0 bridgehead atoms. The molecule has 0 amide bonds. The van der Waals surface area contributed by atoms with Crippen LogP contribution >= 0.6 is 0 Å². The zero-order valence-electron chi connectivity index (χ0n) is 9.82. The Hall–Kier alpha value is -1.19. The van der Waals surface area contributed by atoms with Gasteiger partial charge in [0.15, 0.2) is 0 Å². The molecule has 4 nitrogen and oxygen atoms in total. The highest BCUT2D eigenvalue weighted by Gasteiger charge is 2.32. The molecule has 0 aromatic heterocycles. The van der Waals surface area contributed by atoms with E-state index < -0.39 is 5.97 Å². The molecule has 1 aliphatic carbocycles. The molecule has 0 aromatic rings. The number of hydrogen-bond donors (Lipinski definition) is 0. The largest absolute Gasteiger partial charge is 0.466 e. The summed E-state index contributed by atoms with van der Waals surface area (Å²) < 4.78 is 4.68. The number of Topliss-reactive ketones (excluding diaryl/α,β-unsaturated/α-hetero) is 2. The van der Waals surface area contributed by atoms with Crippen molar-refractivity contribution in [2.45, 2.75) is 39.5 Å². The molecule has 1 saturated carbocycles. The molecule has 16 heavy (non-hydrogen) atoms. The third kappa shape index (κ3) is 3.43. The first-order chi connectivity index (χ1) is 7.54. The average molecular weight is 226 g/mol. The first-order valence-electron chi connectivity index (χ1n) is 5.75. The molecule has 1 fully saturated rings. The molecule has 0 N–H and O–H groups in total. The topological polar surface area (TPSA) is 60.4 Å². The number of carbonyl (C=O) groups is 3. The van der Waals surface area contributed by atoms with E-state index in [1.165, 1.54) is 0 Å². The molecule has 0 aliphatic heterocycles. The van der Waals surface area contributed by atoms with Crippen molar-refractivity contribution in [2.24, 2.45) is 11.8 Å². The maximum Gasteiger partial charge on any atom is 0.313 e. The SMILES string of the molecule is CCOC(=O)CC(=O)C[C@H]1CC[C@@H](C)C1=O. The highest BCUT2D eigenvalue weighted by Crippen LogP contribution is 2.29. The van der Waals surface area contributed by atoms with Crippen molar-refractivity contribution in [2.75, 3.05) is 6.61 Å². The minimum atomic E-state index is -0.494. The highest BCUT2D eigenvalue weighted by molar-refractivity contribution is 5.98. The summed E-state index contributed by atoms with van der Waals surface area (Å²) >= 11 is 0. The van der Waals surface area contributed by atoms with Crippen LogP contribution in [0.3, 0.4) is 0 Å². The fourth-order valence-corrected chi connectivity index (χ4v) is 2.06. The summed E-state index contributed by atoms with van der Waals surface area (Å²) in [6.07, 6.45) is 1.62. The minimum Gasteiger partial charge on any atom is -0.466 e. The normalized spacial score (nSPS) is 24.5. The third-order valence-electron chi connectivity index (χ3n) is 2.96. The lowest BCUT2D eigenvalue weighted by Crippen LogP contribution is -2.18. The second-order valence-electron chi connectivity index (χ2n) is 4.30. The van der Waals surface area contributed by atoms with E-state index in [4.69, 9.17) is 0 Å². The molecule has 0 spiro atoms. The van der Waals surface area contributed by atoms with E-state index in [2.05, 4.69) is 4.74 Å². The van der Waals surface area contributed by atoms with Crippen molar-refractivity contribution in [1.29, 1.82) is 0 Å². The Morgan fingerprint density at radius 2 is 2.06 bits per heavy atom. The van der Waals surface area contributed by atoms with Crippen molar-refractivity contribution in [3.8, 4) is 0 Å². The van der Waals surface area contributed by atoms with Gasteiger partial charge in [-0.05, 0) is 19.8 Å². The third-order valence-corrected chi connectivity index (χ3v) is 2.96. The Bertz CT molecular complexity index is 295. The number of ketones is 2. The van der Waals surface area contributed by atoms with E-state index in [1.54, 1.807) is 6.92 Å². The predicted molar refractivity (Wildman–Crippen MR) is 57.8 cm³/mol. The van der Waals surface area contributed by atoms with Crippen LogP contribution in [0.15, 0.2) is 0 Å². The Labute approximate surface area is 95.3 Å². The van der Waals surface area contributed by atoms with Gasteiger partial charge in [-0.25, -0.2) is 0 Å². The number of esters is 1. The molecule has 0 heterocycles. The molecule has 0 aromatic carbocycles. The molecule has 1 aliphatic rings. The van der Waals surface area contributed by atoms with Gasteiger partial charge in [0.25, 0.3) is 0 Å². The van der Waals surface area contributed by atoms with Crippen molar-refractivity contribution in [3.63, 3.8) is 0 Å². The van der Waals surface area contributed by atoms with E-state index in [0.29, 0.717) is 0 Å². The van der Waals surface area contributed by atoms with Crippen LogP contribution < -0.4 is 0 Å². The molecule has 1 rings (SSSR count). The van der Waals surface area contributed by atoms with E-state index in [0.717, 1.165) is 12.8 Å². The Balaban J connectivity index is 2.35. The first kappa shape index (κ1) is 12.9. The van der Waals surface area contributed by atoms with Crippen LogP contribution in [0.25, 0.3) is 0 Å². The maximum absolute atomic E-state index is 11.6. The molecule has 90 valence electrons. The van der Waals surface area contributed by atoms with Crippen molar-refractivity contribution >= 4 is 17.5 Å². The molecule has 0 saturated heterocycles. The van der Waals surface area contributed by atoms with Crippen LogP contribution in [0.2, 0.25) is 0 Å². The number of carbonyl (C=O) groups excluding carboxylic acids is 3. The van der Waals surface area contributed by atoms with Gasteiger partial charge >= 0.3 is 5.97 Å². The minimum absolute atomic E-state index is 0.0698. The van der Waals surface area contributed by atoms with E-state index >= 15 is 0 Å². The van der Waals surface area contributed by atoms with Gasteiger partial charge in [0.1, 0.15) is 18.0 Å². The molecule has 0 radical (unpaired) electrons. The van der Waals surface area contributed by atoms with E-state index in [1.807, 2.05) is 6.92 Å². The van der Waals surface area contributed by atoms with Crippen LogP contribution in [-0.4, -0.2) is 24.1 Å². The quantitative estimate of drug-likeness (QED) is 0.526. The van der Waals surface area contributed by atoms with Gasteiger partial charge in [-0.2, -0.15) is 0 Å². The van der Waals surface area contributed by atoms with Gasteiger partial charge < -0.3 is 4.74 Å². The van der Waals surface area contributed by atoms with Crippen molar-refractivity contribution < 1.29 is 19.1 Å². The van der Waals surface area contributed by atoms with Gasteiger partial charge in [-0.1, -0.05) is 6.92 Å². The molecule has 0 unspecified atom stereocenters. The van der Waals surface area contributed by atoms with Gasteiger partial charge in [-0.3, -0.25) is 14.4 Å². The van der Waals surface area contributed by atoms with E-state index in [-0.39, 0.29) is 42.9 Å². The zero-order valence-corrected chi connectivity index (χ0v) is 9.82. The molecular weight excluding hydrogens is 208 g/mol. The first-order valence-corrected chi connectivity index (χ1v) is 5.75. The Morgan fingerprint density at radius 3 is 2.56 bits per heavy atom. The monoisotopic (exact) mass is 226 g/mol. The van der Waals surface area contributed by atoms with Gasteiger partial charge in [0.05, 0.1) is 6.61 Å². The predicted octanol–water partition coefficient (Wildman–Crippen LogP) is 1.51. The number of hydrogen-bond acceptors (Lipinski definition) is 4. The van der Waals surface area contributed by atoms with Crippen LogP contribution in [0.1, 0.15) is 39.5 Å². The number of rotatable bonds is 5. The lowest BCUT2D eigenvalue weighted by Gasteiger charge is -2.07. The molecule has 2 atom stereocenters. The summed E-state index contributed by atoms with van der Waals surface area (Å²) in [5, 5.41) is 0. The molecular formula is C12H18O4. The van der Waals surface area contributed by atoms with Crippen molar-refractivity contribution in [3.05, 3.63) is 0 Å². The summed E-state index contributed by atoms with van der Waals surface area (Å²) in [4.78, 5) is 34.1. The summed E-state index contributed by atoms with van der Waals surface area (Å²) in [5.41, 5.74) is 0. The second-order valence-corrected chi connectivity index (χ2v) is 4.30. The van der Waals surface area contributed by atoms with Crippen molar-refractivity contribution in [1.82, 2.24) is 0 Å². The molecule has 4 heteroatoms. The van der Waals surface area contributed by atoms with Crippen LogP contribution in [-0.2, 0) is 19.1 Å². The summed E-state index contributed by atoms with van der Waals surface area (Å²) in [6, 6.07) is 0. The zero-order chi connectivity index (χ0) is 12.1. The maximum atomic E-state index is 11.6. The lowest BCUT2D eigenvalue weighted by atomic mass is 9.97. The summed E-state index contributed by atoms with van der Waals surface area (Å²) in [6.45, 7) is 3.87. The Morgan fingerprint density at radius 1 is 1.38 bits per heavy atom. The lowest BCUT2D eigenvalue weighted by molar-refractivity contribution is -0.146. The van der Waals surface area contributed by atoms with Crippen LogP contribution in [0.4, 0.5) is 0 Å². The van der Waals surface area contributed by atoms with E-state index in [9.17, 15) is 14.4 Å². The van der Waals surface area contributed by atoms with Gasteiger partial charge in [-0.15, -0.1) is 0 Å². The number of ether oxygens (including phenoxy) is 1. The summed E-state index contributed by atoms with van der Waals surface area (Å²) in [5.74, 6) is -0.619. The standard InChI is InChI=1S/C12H18O4/c1-3-16-11(14)7-10(13)6-9-5-4-8(2)12(9)15/h8-9H,3-7H2,1-2H3/t8-,9-/m1/s1. The Kier molecular flexibility index (Phi) is 4.65. The van der Waals surface area contributed by atoms with Gasteiger partial charge in [0.2, 0.25) is 0 Å². The average Bonchev–Trinajstić information content (AvgIpc) is 2.50. The van der Waals surface area contributed by atoms with Crippen LogP contribution in [0, 0.1) is 11.8 Å². The van der Waals surface area contributed by atoms with Crippen LogP contribution in [0.5, 0.6) is 0 Å². The smallest absolute Gasteiger partial charge is 0.313 e. The summed E-state index contributed by atoms with van der Waals surface area (Å²) in [7, 11) is 0. The fourth-order valence-electron chi connectivity index (χ4n) is 2.06. The fraction of sp³-hybridized carbons (Fsp3) is 0.750. The second kappa shape index (κ2) is 5.77. The highest BCUT2D eigenvalue weighted by atomic mass is 16.5.